The number of hydrogen-bond acceptors (Lipinski definition) is 4. The van der Waals surface area contributed by atoms with Crippen LogP contribution in [0.5, 0.6) is 0 Å². The predicted molar refractivity (Wildman–Crippen MR) is 119 cm³/mol. The van der Waals surface area contributed by atoms with Crippen LogP contribution in [-0.4, -0.2) is 51.4 Å². The van der Waals surface area contributed by atoms with Crippen molar-refractivity contribution in [1.29, 1.82) is 0 Å². The first kappa shape index (κ1) is 27.6. The van der Waals surface area contributed by atoms with Gasteiger partial charge in [0, 0.05) is 33.2 Å². The molecule has 0 saturated carbocycles. The Bertz CT molecular complexity index is 366. The number of unbranched alkanes of at least 4 members (excludes halogenated alkanes) is 3. The maximum absolute atomic E-state index is 11.2. The minimum absolute atomic E-state index is 0. The maximum atomic E-state index is 11.2. The second-order valence-corrected chi connectivity index (χ2v) is 6.42. The van der Waals surface area contributed by atoms with Crippen LogP contribution in [0.25, 0.3) is 0 Å². The normalized spacial score (nSPS) is 12.5. The van der Waals surface area contributed by atoms with E-state index in [1.807, 2.05) is 13.8 Å². The predicted octanol–water partition coefficient (Wildman–Crippen LogP) is 3.73. The van der Waals surface area contributed by atoms with Gasteiger partial charge in [-0.05, 0) is 39.0 Å². The molecule has 0 rings (SSSR count). The zero-order valence-corrected chi connectivity index (χ0v) is 19.6. The summed E-state index contributed by atoms with van der Waals surface area (Å²) in [5.74, 6) is 1.27. The molecule has 0 aromatic rings. The van der Waals surface area contributed by atoms with Crippen LogP contribution in [-0.2, 0) is 14.3 Å². The first-order valence-electron chi connectivity index (χ1n) is 9.76. The standard InChI is InChI=1S/C19H39N3O3.HI/c1-6-24-17(16(3)4)13-15-22-19(20-5)21-14-11-9-8-10-12-18(23)25-7-2;/h16-17H,6-15H2,1-5H3,(H2,20,21,22);1H. The molecule has 0 fully saturated rings. The van der Waals surface area contributed by atoms with E-state index in [1.54, 1.807) is 7.05 Å². The van der Waals surface area contributed by atoms with Gasteiger partial charge in [-0.2, -0.15) is 0 Å². The van der Waals surface area contributed by atoms with E-state index in [2.05, 4.69) is 29.5 Å². The second-order valence-electron chi connectivity index (χ2n) is 6.42. The van der Waals surface area contributed by atoms with Gasteiger partial charge in [-0.15, -0.1) is 24.0 Å². The van der Waals surface area contributed by atoms with E-state index >= 15 is 0 Å². The molecular formula is C19H40IN3O3. The molecule has 7 heteroatoms. The third kappa shape index (κ3) is 15.7. The van der Waals surface area contributed by atoms with Gasteiger partial charge < -0.3 is 20.1 Å². The van der Waals surface area contributed by atoms with Crippen LogP contribution in [0, 0.1) is 5.92 Å². The minimum Gasteiger partial charge on any atom is -0.466 e. The van der Waals surface area contributed by atoms with Crippen LogP contribution < -0.4 is 10.6 Å². The average Bonchev–Trinajstić information content (AvgIpc) is 2.58. The van der Waals surface area contributed by atoms with Gasteiger partial charge >= 0.3 is 5.97 Å². The third-order valence-electron chi connectivity index (χ3n) is 3.97. The Morgan fingerprint density at radius 2 is 1.65 bits per heavy atom. The number of rotatable bonds is 14. The number of carbonyl (C=O) groups excluding carboxylic acids is 1. The highest BCUT2D eigenvalue weighted by atomic mass is 127. The molecule has 0 aliphatic carbocycles. The lowest BCUT2D eigenvalue weighted by Crippen LogP contribution is -2.39. The van der Waals surface area contributed by atoms with Crippen LogP contribution in [0.15, 0.2) is 4.99 Å². The number of hydrogen-bond donors (Lipinski definition) is 2. The van der Waals surface area contributed by atoms with Gasteiger partial charge in [-0.1, -0.05) is 26.7 Å². The van der Waals surface area contributed by atoms with Crippen molar-refractivity contribution in [3.05, 3.63) is 0 Å². The van der Waals surface area contributed by atoms with E-state index in [9.17, 15) is 4.79 Å². The zero-order chi connectivity index (χ0) is 18.9. The average molecular weight is 485 g/mol. The molecule has 0 aromatic carbocycles. The van der Waals surface area contributed by atoms with Gasteiger partial charge in [-0.3, -0.25) is 9.79 Å². The molecule has 0 aliphatic heterocycles. The highest BCUT2D eigenvalue weighted by molar-refractivity contribution is 14.0. The summed E-state index contributed by atoms with van der Waals surface area (Å²) >= 11 is 0. The first-order chi connectivity index (χ1) is 12.0. The maximum Gasteiger partial charge on any atom is 0.305 e. The van der Waals surface area contributed by atoms with Crippen LogP contribution in [0.1, 0.15) is 66.2 Å². The van der Waals surface area contributed by atoms with Crippen molar-refractivity contribution >= 4 is 35.9 Å². The van der Waals surface area contributed by atoms with Crippen molar-refractivity contribution < 1.29 is 14.3 Å². The molecule has 0 aromatic heterocycles. The summed E-state index contributed by atoms with van der Waals surface area (Å²) in [6.07, 6.45) is 5.91. The number of nitrogens with zero attached hydrogens (tertiary/aromatic N) is 1. The van der Waals surface area contributed by atoms with Crippen LogP contribution in [0.4, 0.5) is 0 Å². The molecule has 0 saturated heterocycles. The van der Waals surface area contributed by atoms with Crippen molar-refractivity contribution in [2.24, 2.45) is 10.9 Å². The fraction of sp³-hybridized carbons (Fsp3) is 0.895. The molecule has 0 bridgehead atoms. The third-order valence-corrected chi connectivity index (χ3v) is 3.97. The minimum atomic E-state index is -0.0861. The van der Waals surface area contributed by atoms with E-state index in [-0.39, 0.29) is 36.0 Å². The molecule has 0 heterocycles. The molecule has 1 atom stereocenters. The van der Waals surface area contributed by atoms with Crippen molar-refractivity contribution in [2.75, 3.05) is 33.4 Å². The smallest absolute Gasteiger partial charge is 0.305 e. The van der Waals surface area contributed by atoms with E-state index in [1.165, 1.54) is 0 Å². The number of halogens is 1. The molecule has 1 unspecified atom stereocenters. The Kier molecular flexibility index (Phi) is 20.4. The van der Waals surface area contributed by atoms with Crippen molar-refractivity contribution in [1.82, 2.24) is 10.6 Å². The van der Waals surface area contributed by atoms with E-state index in [0.717, 1.165) is 57.8 Å². The summed E-state index contributed by atoms with van der Waals surface area (Å²) in [6.45, 7) is 11.2. The summed E-state index contributed by atoms with van der Waals surface area (Å²) in [5, 5.41) is 6.67. The molecule has 26 heavy (non-hydrogen) atoms. The number of nitrogens with one attached hydrogen (secondary N) is 2. The fourth-order valence-corrected chi connectivity index (χ4v) is 2.56. The van der Waals surface area contributed by atoms with Crippen molar-refractivity contribution in [2.45, 2.75) is 72.3 Å². The second kappa shape index (κ2) is 19.2. The fourth-order valence-electron chi connectivity index (χ4n) is 2.56. The molecule has 0 aliphatic rings. The summed E-state index contributed by atoms with van der Waals surface area (Å²) in [4.78, 5) is 15.5. The Morgan fingerprint density at radius 1 is 1.00 bits per heavy atom. The van der Waals surface area contributed by atoms with Crippen LogP contribution >= 0.6 is 24.0 Å². The Balaban J connectivity index is 0. The number of aliphatic imine (C=N–C) groups is 1. The summed E-state index contributed by atoms with van der Waals surface area (Å²) in [5.41, 5.74) is 0. The zero-order valence-electron chi connectivity index (χ0n) is 17.3. The van der Waals surface area contributed by atoms with Gasteiger partial charge in [0.05, 0.1) is 12.7 Å². The quantitative estimate of drug-likeness (QED) is 0.129. The van der Waals surface area contributed by atoms with E-state index < -0.39 is 0 Å². The molecule has 2 N–H and O–H groups in total. The highest BCUT2D eigenvalue weighted by Gasteiger charge is 2.12. The molecule has 0 spiro atoms. The lowest BCUT2D eigenvalue weighted by atomic mass is 10.0. The molecular weight excluding hydrogens is 445 g/mol. The number of esters is 1. The van der Waals surface area contributed by atoms with E-state index in [4.69, 9.17) is 9.47 Å². The Hall–Kier alpha value is -0.570. The van der Waals surface area contributed by atoms with Gasteiger partial charge in [0.1, 0.15) is 0 Å². The van der Waals surface area contributed by atoms with Gasteiger partial charge in [0.2, 0.25) is 0 Å². The van der Waals surface area contributed by atoms with Gasteiger partial charge in [0.15, 0.2) is 5.96 Å². The topological polar surface area (TPSA) is 72.0 Å². The van der Waals surface area contributed by atoms with Crippen LogP contribution in [0.2, 0.25) is 0 Å². The summed E-state index contributed by atoms with van der Waals surface area (Å²) in [7, 11) is 1.79. The largest absolute Gasteiger partial charge is 0.466 e. The Labute approximate surface area is 177 Å². The summed E-state index contributed by atoms with van der Waals surface area (Å²) in [6, 6.07) is 0. The highest BCUT2D eigenvalue weighted by Crippen LogP contribution is 2.09. The van der Waals surface area contributed by atoms with E-state index in [0.29, 0.717) is 18.9 Å². The monoisotopic (exact) mass is 485 g/mol. The SMILES string of the molecule is CCOC(=O)CCCCCCNC(=NC)NCCC(OCC)C(C)C.I. The van der Waals surface area contributed by atoms with Gasteiger partial charge in [-0.25, -0.2) is 0 Å². The molecule has 156 valence electrons. The van der Waals surface area contributed by atoms with Crippen LogP contribution in [0.3, 0.4) is 0 Å². The number of carbonyl (C=O) groups is 1. The van der Waals surface area contributed by atoms with Crippen molar-refractivity contribution in [3.8, 4) is 0 Å². The lowest BCUT2D eigenvalue weighted by Gasteiger charge is -2.21. The summed E-state index contributed by atoms with van der Waals surface area (Å²) < 4.78 is 10.7. The Morgan fingerprint density at radius 3 is 2.23 bits per heavy atom. The van der Waals surface area contributed by atoms with Gasteiger partial charge in [0.25, 0.3) is 0 Å². The first-order valence-corrected chi connectivity index (χ1v) is 9.76. The molecule has 6 nitrogen and oxygen atoms in total. The lowest BCUT2D eigenvalue weighted by molar-refractivity contribution is -0.143. The number of ether oxygens (including phenoxy) is 2. The number of guanidine groups is 1. The van der Waals surface area contributed by atoms with Crippen molar-refractivity contribution in [3.63, 3.8) is 0 Å². The molecule has 0 amide bonds. The molecule has 0 radical (unpaired) electrons.